The van der Waals surface area contributed by atoms with Crippen LogP contribution in [0.1, 0.15) is 30.9 Å². The Morgan fingerprint density at radius 2 is 2.00 bits per heavy atom. The highest BCUT2D eigenvalue weighted by Gasteiger charge is 2.35. The molecule has 4 nitrogen and oxygen atoms in total. The van der Waals surface area contributed by atoms with Gasteiger partial charge in [0, 0.05) is 38.1 Å². The van der Waals surface area contributed by atoms with Gasteiger partial charge in [0.15, 0.2) is 0 Å². The van der Waals surface area contributed by atoms with E-state index < -0.39 is 0 Å². The van der Waals surface area contributed by atoms with Crippen molar-refractivity contribution < 1.29 is 14.7 Å². The summed E-state index contributed by atoms with van der Waals surface area (Å²) in [5.74, 6) is 0. The molecule has 1 aromatic carbocycles. The number of thiophene rings is 1. The number of benzene rings is 1. The van der Waals surface area contributed by atoms with Gasteiger partial charge in [-0.1, -0.05) is 29.1 Å². The zero-order valence-corrected chi connectivity index (χ0v) is 15.5. The smallest absolute Gasteiger partial charge is 0.0979 e. The third kappa shape index (κ3) is 3.67. The third-order valence-corrected chi connectivity index (χ3v) is 6.52. The van der Waals surface area contributed by atoms with Crippen LogP contribution in [0.5, 0.6) is 0 Å². The molecular weight excluding hydrogens is 342 g/mol. The molecule has 6 heteroatoms. The molecule has 2 heterocycles. The number of oxime groups is 1. The molecule has 1 N–H and O–H groups in total. The third-order valence-electron chi connectivity index (χ3n) is 4.43. The van der Waals surface area contributed by atoms with Gasteiger partial charge < -0.3 is 14.7 Å². The Labute approximate surface area is 150 Å². The largest absolute Gasteiger partial charge is 0.411 e. The first kappa shape index (κ1) is 17.5. The monoisotopic (exact) mass is 363 g/mol. The molecular formula is C18H21NO3S2. The summed E-state index contributed by atoms with van der Waals surface area (Å²) in [4.78, 5) is 1.16. The number of methoxy groups -OCH3 is 1. The molecule has 1 aliphatic rings. The molecule has 2 aromatic rings. The van der Waals surface area contributed by atoms with E-state index in [0.29, 0.717) is 5.71 Å². The summed E-state index contributed by atoms with van der Waals surface area (Å²) < 4.78 is 12.6. The van der Waals surface area contributed by atoms with Crippen molar-refractivity contribution in [2.24, 2.45) is 5.16 Å². The number of hydrogen-bond donors (Lipinski definition) is 1. The molecule has 0 amide bonds. The summed E-state index contributed by atoms with van der Waals surface area (Å²) in [6, 6.07) is 10.3. The second-order valence-electron chi connectivity index (χ2n) is 5.78. The highest BCUT2D eigenvalue weighted by Crippen LogP contribution is 2.41. The van der Waals surface area contributed by atoms with E-state index in [-0.39, 0.29) is 5.60 Å². The first-order valence-electron chi connectivity index (χ1n) is 7.86. The molecule has 0 saturated carbocycles. The predicted molar refractivity (Wildman–Crippen MR) is 97.6 cm³/mol. The van der Waals surface area contributed by atoms with Crippen molar-refractivity contribution in [3.8, 4) is 0 Å². The molecule has 0 aliphatic carbocycles. The Morgan fingerprint density at radius 3 is 2.62 bits per heavy atom. The van der Waals surface area contributed by atoms with Crippen LogP contribution in [0.25, 0.3) is 0 Å². The lowest BCUT2D eigenvalue weighted by atomic mass is 9.88. The number of ether oxygens (including phenoxy) is 2. The zero-order valence-electron chi connectivity index (χ0n) is 13.8. The quantitative estimate of drug-likeness (QED) is 0.473. The van der Waals surface area contributed by atoms with E-state index in [9.17, 15) is 0 Å². The Hall–Kier alpha value is -1.34. The van der Waals surface area contributed by atoms with Crippen LogP contribution in [-0.4, -0.2) is 31.2 Å². The van der Waals surface area contributed by atoms with Gasteiger partial charge in [-0.15, -0.1) is 11.3 Å². The molecule has 24 heavy (non-hydrogen) atoms. The topological polar surface area (TPSA) is 51.0 Å². The molecule has 0 atom stereocenters. The van der Waals surface area contributed by atoms with Crippen molar-refractivity contribution in [1.29, 1.82) is 0 Å². The van der Waals surface area contributed by atoms with E-state index in [1.807, 2.05) is 12.1 Å². The summed E-state index contributed by atoms with van der Waals surface area (Å²) in [5.41, 5.74) is 2.59. The first-order chi connectivity index (χ1) is 11.7. The van der Waals surface area contributed by atoms with E-state index in [1.165, 1.54) is 9.77 Å². The molecule has 1 fully saturated rings. The molecule has 128 valence electrons. The number of nitrogens with zero attached hydrogens (tertiary/aromatic N) is 1. The van der Waals surface area contributed by atoms with Crippen LogP contribution >= 0.6 is 23.1 Å². The SMILES string of the molecule is COC1(c2csc(Sc3ccc(/C(C)=N/O)cc3)c2)CCOCC1. The van der Waals surface area contributed by atoms with Crippen LogP contribution in [-0.2, 0) is 15.1 Å². The lowest BCUT2D eigenvalue weighted by Gasteiger charge is -2.35. The van der Waals surface area contributed by atoms with Crippen molar-refractivity contribution in [3.05, 3.63) is 46.8 Å². The van der Waals surface area contributed by atoms with Crippen molar-refractivity contribution in [1.82, 2.24) is 0 Å². The number of rotatable bonds is 5. The van der Waals surface area contributed by atoms with E-state index >= 15 is 0 Å². The Balaban J connectivity index is 1.74. The Morgan fingerprint density at radius 1 is 1.29 bits per heavy atom. The minimum atomic E-state index is -0.202. The maximum atomic E-state index is 8.83. The standard InChI is InChI=1S/C18H21NO3S2/c1-13(19-20)14-3-5-16(6-4-14)24-17-11-15(12-23-17)18(21-2)7-9-22-10-8-18/h3-6,11-12,20H,7-10H2,1-2H3/b19-13+. The summed E-state index contributed by atoms with van der Waals surface area (Å²) in [6.45, 7) is 3.28. The lowest BCUT2D eigenvalue weighted by molar-refractivity contribution is -0.0946. The first-order valence-corrected chi connectivity index (χ1v) is 9.55. The fourth-order valence-electron chi connectivity index (χ4n) is 2.86. The average molecular weight is 364 g/mol. The molecule has 3 rings (SSSR count). The predicted octanol–water partition coefficient (Wildman–Crippen LogP) is 4.75. The molecule has 0 unspecified atom stereocenters. The van der Waals surface area contributed by atoms with Crippen molar-refractivity contribution in [2.75, 3.05) is 20.3 Å². The maximum Gasteiger partial charge on any atom is 0.0979 e. The lowest BCUT2D eigenvalue weighted by Crippen LogP contribution is -2.35. The Bertz CT molecular complexity index is 703. The summed E-state index contributed by atoms with van der Waals surface area (Å²) in [7, 11) is 1.79. The number of hydrogen-bond acceptors (Lipinski definition) is 6. The highest BCUT2D eigenvalue weighted by atomic mass is 32.2. The molecule has 0 spiro atoms. The molecule has 1 saturated heterocycles. The van der Waals surface area contributed by atoms with Gasteiger partial charge >= 0.3 is 0 Å². The van der Waals surface area contributed by atoms with Crippen molar-refractivity contribution >= 4 is 28.8 Å². The molecule has 1 aromatic heterocycles. The van der Waals surface area contributed by atoms with Crippen molar-refractivity contribution in [3.63, 3.8) is 0 Å². The zero-order chi connectivity index (χ0) is 17.0. The Kier molecular flexibility index (Phi) is 5.61. The van der Waals surface area contributed by atoms with Gasteiger partial charge in [0.05, 0.1) is 15.5 Å². The van der Waals surface area contributed by atoms with Crippen LogP contribution < -0.4 is 0 Å². The fourth-order valence-corrected chi connectivity index (χ4v) is 4.90. The summed E-state index contributed by atoms with van der Waals surface area (Å²) in [5, 5.41) is 14.3. The van der Waals surface area contributed by atoms with E-state index in [0.717, 1.165) is 36.5 Å². The summed E-state index contributed by atoms with van der Waals surface area (Å²) >= 11 is 3.48. The van der Waals surface area contributed by atoms with Gasteiger partial charge in [0.1, 0.15) is 0 Å². The van der Waals surface area contributed by atoms with Crippen molar-refractivity contribution in [2.45, 2.75) is 34.5 Å². The van der Waals surface area contributed by atoms with E-state index in [2.05, 4.69) is 28.7 Å². The highest BCUT2D eigenvalue weighted by molar-refractivity contribution is 8.01. The van der Waals surface area contributed by atoms with Crippen LogP contribution in [0.4, 0.5) is 0 Å². The van der Waals surface area contributed by atoms with Crippen LogP contribution in [0.2, 0.25) is 0 Å². The van der Waals surface area contributed by atoms with Gasteiger partial charge in [-0.2, -0.15) is 0 Å². The maximum absolute atomic E-state index is 8.83. The molecule has 0 radical (unpaired) electrons. The van der Waals surface area contributed by atoms with Gasteiger partial charge in [-0.05, 0) is 41.6 Å². The minimum absolute atomic E-state index is 0.202. The van der Waals surface area contributed by atoms with Gasteiger partial charge in [0.25, 0.3) is 0 Å². The molecule has 1 aliphatic heterocycles. The van der Waals surface area contributed by atoms with Gasteiger partial charge in [-0.3, -0.25) is 0 Å². The fraction of sp³-hybridized carbons (Fsp3) is 0.389. The van der Waals surface area contributed by atoms with Crippen LogP contribution in [0, 0.1) is 0 Å². The van der Waals surface area contributed by atoms with Gasteiger partial charge in [0.2, 0.25) is 0 Å². The second-order valence-corrected chi connectivity index (χ2v) is 8.06. The van der Waals surface area contributed by atoms with Crippen LogP contribution in [0.15, 0.2) is 50.0 Å². The molecule has 0 bridgehead atoms. The average Bonchev–Trinajstić information content (AvgIpc) is 3.11. The van der Waals surface area contributed by atoms with E-state index in [1.54, 1.807) is 37.1 Å². The second kappa shape index (κ2) is 7.70. The minimum Gasteiger partial charge on any atom is -0.411 e. The van der Waals surface area contributed by atoms with E-state index in [4.69, 9.17) is 14.7 Å². The normalized spacial score (nSPS) is 17.8. The summed E-state index contributed by atoms with van der Waals surface area (Å²) in [6.07, 6.45) is 1.80. The van der Waals surface area contributed by atoms with Crippen LogP contribution in [0.3, 0.4) is 0 Å². The van der Waals surface area contributed by atoms with Gasteiger partial charge in [-0.25, -0.2) is 0 Å².